The monoisotopic (exact) mass is 221 g/mol. The standard InChI is InChI=1S/C14H23NO/c1-4-5-6-9-16-14-10-11(2)7-8-13(14)12(3)15/h7-8,10,12H,4-6,9,15H2,1-3H3/t12-/m1/s1. The van der Waals surface area contributed by atoms with E-state index in [1.54, 1.807) is 0 Å². The van der Waals surface area contributed by atoms with Crippen LogP contribution in [0.15, 0.2) is 18.2 Å². The zero-order valence-corrected chi connectivity index (χ0v) is 10.6. The van der Waals surface area contributed by atoms with Crippen molar-refractivity contribution in [3.8, 4) is 5.75 Å². The molecule has 1 aromatic carbocycles. The molecule has 0 unspecified atom stereocenters. The predicted octanol–water partition coefficient (Wildman–Crippen LogP) is 3.58. The van der Waals surface area contributed by atoms with Gasteiger partial charge in [0, 0.05) is 11.6 Å². The van der Waals surface area contributed by atoms with Crippen LogP contribution in [0.25, 0.3) is 0 Å². The average Bonchev–Trinajstić information content (AvgIpc) is 2.24. The van der Waals surface area contributed by atoms with Crippen molar-refractivity contribution in [3.05, 3.63) is 29.3 Å². The molecule has 0 spiro atoms. The number of nitrogens with two attached hydrogens (primary N) is 1. The number of benzene rings is 1. The van der Waals surface area contributed by atoms with Crippen molar-refractivity contribution in [2.24, 2.45) is 5.73 Å². The van der Waals surface area contributed by atoms with E-state index in [0.717, 1.165) is 24.3 Å². The third-order valence-electron chi connectivity index (χ3n) is 2.67. The molecule has 0 aliphatic rings. The molecule has 90 valence electrons. The van der Waals surface area contributed by atoms with Gasteiger partial charge in [-0.05, 0) is 31.9 Å². The maximum absolute atomic E-state index is 5.92. The highest BCUT2D eigenvalue weighted by molar-refractivity contribution is 5.38. The van der Waals surface area contributed by atoms with Gasteiger partial charge in [0.05, 0.1) is 6.61 Å². The van der Waals surface area contributed by atoms with Crippen LogP contribution in [-0.4, -0.2) is 6.61 Å². The molecule has 2 N–H and O–H groups in total. The molecule has 0 bridgehead atoms. The molecule has 1 atom stereocenters. The van der Waals surface area contributed by atoms with Crippen LogP contribution in [0.2, 0.25) is 0 Å². The number of hydrogen-bond donors (Lipinski definition) is 1. The molecule has 16 heavy (non-hydrogen) atoms. The van der Waals surface area contributed by atoms with Gasteiger partial charge in [-0.25, -0.2) is 0 Å². The Labute approximate surface area is 98.8 Å². The number of hydrogen-bond acceptors (Lipinski definition) is 2. The van der Waals surface area contributed by atoms with Crippen molar-refractivity contribution >= 4 is 0 Å². The molecular weight excluding hydrogens is 198 g/mol. The van der Waals surface area contributed by atoms with Crippen LogP contribution in [0.3, 0.4) is 0 Å². The summed E-state index contributed by atoms with van der Waals surface area (Å²) in [4.78, 5) is 0. The fourth-order valence-electron chi connectivity index (χ4n) is 1.68. The minimum Gasteiger partial charge on any atom is -0.493 e. The first kappa shape index (κ1) is 13.0. The summed E-state index contributed by atoms with van der Waals surface area (Å²) in [5.41, 5.74) is 8.23. The molecule has 2 nitrogen and oxygen atoms in total. The lowest BCUT2D eigenvalue weighted by molar-refractivity contribution is 0.302. The normalized spacial score (nSPS) is 12.5. The summed E-state index contributed by atoms with van der Waals surface area (Å²) >= 11 is 0. The Balaban J connectivity index is 2.65. The summed E-state index contributed by atoms with van der Waals surface area (Å²) in [6.45, 7) is 7.05. The molecule has 0 amide bonds. The highest BCUT2D eigenvalue weighted by atomic mass is 16.5. The predicted molar refractivity (Wildman–Crippen MR) is 68.8 cm³/mol. The van der Waals surface area contributed by atoms with Crippen LogP contribution >= 0.6 is 0 Å². The van der Waals surface area contributed by atoms with Gasteiger partial charge >= 0.3 is 0 Å². The van der Waals surface area contributed by atoms with E-state index >= 15 is 0 Å². The van der Waals surface area contributed by atoms with Gasteiger partial charge in [-0.2, -0.15) is 0 Å². The van der Waals surface area contributed by atoms with E-state index in [1.165, 1.54) is 18.4 Å². The topological polar surface area (TPSA) is 35.2 Å². The van der Waals surface area contributed by atoms with E-state index in [1.807, 2.05) is 6.92 Å². The molecule has 0 aliphatic carbocycles. The molecule has 2 heteroatoms. The van der Waals surface area contributed by atoms with Crippen molar-refractivity contribution < 1.29 is 4.74 Å². The fourth-order valence-corrected chi connectivity index (χ4v) is 1.68. The molecule has 0 fully saturated rings. The molecule has 1 aromatic rings. The SMILES string of the molecule is CCCCCOc1cc(C)ccc1[C@@H](C)N. The second kappa shape index (κ2) is 6.54. The van der Waals surface area contributed by atoms with Gasteiger partial charge in [0.15, 0.2) is 0 Å². The van der Waals surface area contributed by atoms with E-state index in [2.05, 4.69) is 32.0 Å². The molecular formula is C14H23NO. The van der Waals surface area contributed by atoms with Crippen molar-refractivity contribution in [3.63, 3.8) is 0 Å². The zero-order valence-electron chi connectivity index (χ0n) is 10.6. The third-order valence-corrected chi connectivity index (χ3v) is 2.67. The van der Waals surface area contributed by atoms with E-state index in [9.17, 15) is 0 Å². The van der Waals surface area contributed by atoms with E-state index < -0.39 is 0 Å². The minimum atomic E-state index is 0.0294. The van der Waals surface area contributed by atoms with Crippen LogP contribution in [0.4, 0.5) is 0 Å². The number of unbranched alkanes of at least 4 members (excludes halogenated alkanes) is 2. The van der Waals surface area contributed by atoms with E-state index in [-0.39, 0.29) is 6.04 Å². The lowest BCUT2D eigenvalue weighted by Crippen LogP contribution is -2.08. The number of rotatable bonds is 6. The summed E-state index contributed by atoms with van der Waals surface area (Å²) in [6.07, 6.45) is 3.56. The molecule has 0 saturated heterocycles. The summed E-state index contributed by atoms with van der Waals surface area (Å²) < 4.78 is 5.80. The largest absolute Gasteiger partial charge is 0.493 e. The van der Waals surface area contributed by atoms with Crippen LogP contribution in [0, 0.1) is 6.92 Å². The van der Waals surface area contributed by atoms with Crippen LogP contribution in [0.5, 0.6) is 5.75 Å². The Hall–Kier alpha value is -1.02. The Bertz CT molecular complexity index is 321. The van der Waals surface area contributed by atoms with Crippen LogP contribution in [0.1, 0.15) is 50.3 Å². The molecule has 0 heterocycles. The fraction of sp³-hybridized carbons (Fsp3) is 0.571. The average molecular weight is 221 g/mol. The van der Waals surface area contributed by atoms with E-state index in [4.69, 9.17) is 10.5 Å². The molecule has 1 rings (SSSR count). The van der Waals surface area contributed by atoms with Crippen LogP contribution < -0.4 is 10.5 Å². The van der Waals surface area contributed by atoms with Gasteiger partial charge in [0.2, 0.25) is 0 Å². The minimum absolute atomic E-state index is 0.0294. The van der Waals surface area contributed by atoms with Gasteiger partial charge in [-0.1, -0.05) is 31.9 Å². The Kier molecular flexibility index (Phi) is 5.33. The van der Waals surface area contributed by atoms with Gasteiger partial charge in [0.25, 0.3) is 0 Å². The van der Waals surface area contributed by atoms with Crippen molar-refractivity contribution in [1.29, 1.82) is 0 Å². The number of aryl methyl sites for hydroxylation is 1. The highest BCUT2D eigenvalue weighted by Gasteiger charge is 2.07. The summed E-state index contributed by atoms with van der Waals surface area (Å²) in [6, 6.07) is 6.25. The lowest BCUT2D eigenvalue weighted by Gasteiger charge is -2.14. The van der Waals surface area contributed by atoms with Crippen molar-refractivity contribution in [2.45, 2.75) is 46.1 Å². The Morgan fingerprint density at radius 1 is 1.31 bits per heavy atom. The molecule has 0 saturated carbocycles. The molecule has 0 aliphatic heterocycles. The second-order valence-corrected chi connectivity index (χ2v) is 4.39. The van der Waals surface area contributed by atoms with Crippen LogP contribution in [-0.2, 0) is 0 Å². The Morgan fingerprint density at radius 2 is 2.06 bits per heavy atom. The van der Waals surface area contributed by atoms with Gasteiger partial charge in [0.1, 0.15) is 5.75 Å². The van der Waals surface area contributed by atoms with Gasteiger partial charge in [-0.3, -0.25) is 0 Å². The first-order valence-corrected chi connectivity index (χ1v) is 6.14. The zero-order chi connectivity index (χ0) is 12.0. The first-order chi connectivity index (χ1) is 7.65. The maximum Gasteiger partial charge on any atom is 0.124 e. The smallest absolute Gasteiger partial charge is 0.124 e. The quantitative estimate of drug-likeness (QED) is 0.745. The molecule has 0 aromatic heterocycles. The maximum atomic E-state index is 5.92. The third kappa shape index (κ3) is 3.86. The van der Waals surface area contributed by atoms with Crippen molar-refractivity contribution in [1.82, 2.24) is 0 Å². The summed E-state index contributed by atoms with van der Waals surface area (Å²) in [5, 5.41) is 0. The highest BCUT2D eigenvalue weighted by Crippen LogP contribution is 2.25. The number of ether oxygens (including phenoxy) is 1. The molecule has 0 radical (unpaired) electrons. The van der Waals surface area contributed by atoms with E-state index in [0.29, 0.717) is 0 Å². The lowest BCUT2D eigenvalue weighted by atomic mass is 10.1. The first-order valence-electron chi connectivity index (χ1n) is 6.14. The Morgan fingerprint density at radius 3 is 2.69 bits per heavy atom. The summed E-state index contributed by atoms with van der Waals surface area (Å²) in [5.74, 6) is 0.950. The van der Waals surface area contributed by atoms with Gasteiger partial charge in [-0.15, -0.1) is 0 Å². The summed E-state index contributed by atoms with van der Waals surface area (Å²) in [7, 11) is 0. The van der Waals surface area contributed by atoms with Gasteiger partial charge < -0.3 is 10.5 Å². The second-order valence-electron chi connectivity index (χ2n) is 4.39. The van der Waals surface area contributed by atoms with Crippen molar-refractivity contribution in [2.75, 3.05) is 6.61 Å².